The second-order valence-electron chi connectivity index (χ2n) is 15.7. The Kier molecular flexibility index (Phi) is 11.3. The average Bonchev–Trinajstić information content (AvgIpc) is 3.22. The number of hydrogen-bond acceptors (Lipinski definition) is 12. The zero-order valence-electron chi connectivity index (χ0n) is 33.0. The fourth-order valence-electron chi connectivity index (χ4n) is 8.60. The van der Waals surface area contributed by atoms with E-state index in [4.69, 9.17) is 9.73 Å². The van der Waals surface area contributed by atoms with E-state index >= 15 is 0 Å². The van der Waals surface area contributed by atoms with Crippen molar-refractivity contribution in [3.05, 3.63) is 83.3 Å². The van der Waals surface area contributed by atoms with Gasteiger partial charge in [-0.3, -0.25) is 4.90 Å². The normalized spacial score (nSPS) is 20.3. The van der Waals surface area contributed by atoms with Gasteiger partial charge in [-0.25, -0.2) is 9.98 Å². The number of ether oxygens (including phenoxy) is 1. The highest BCUT2D eigenvalue weighted by Gasteiger charge is 2.28. The summed E-state index contributed by atoms with van der Waals surface area (Å²) in [6.45, 7) is 20.5. The first-order valence-electron chi connectivity index (χ1n) is 20.3. The van der Waals surface area contributed by atoms with Crippen molar-refractivity contribution < 1.29 is 4.74 Å². The number of rotatable bonds is 12. The number of nitrogens with zero attached hydrogens (tertiary/aromatic N) is 6. The Balaban J connectivity index is 0.766. The third kappa shape index (κ3) is 8.65. The molecular formula is C43H59N11O. The summed E-state index contributed by atoms with van der Waals surface area (Å²) in [5.41, 5.74) is 13.0. The molecule has 8 rings (SSSR count). The molecule has 3 aromatic rings. The van der Waals surface area contributed by atoms with Crippen molar-refractivity contribution >= 4 is 40.3 Å². The molecule has 0 saturated carbocycles. The molecular weight excluding hydrogens is 687 g/mol. The van der Waals surface area contributed by atoms with Gasteiger partial charge in [0.25, 0.3) is 0 Å². The molecule has 6 heterocycles. The molecule has 12 heteroatoms. The van der Waals surface area contributed by atoms with Crippen LogP contribution in [0.1, 0.15) is 36.8 Å². The molecule has 2 aromatic carbocycles. The summed E-state index contributed by atoms with van der Waals surface area (Å²) in [5, 5.41) is 17.4. The summed E-state index contributed by atoms with van der Waals surface area (Å²) in [5.74, 6) is 1.47. The number of nitrogens with one attached hydrogen (secondary N) is 5. The number of piperazine rings is 1. The number of hydrogen-bond donors (Lipinski definition) is 5. The summed E-state index contributed by atoms with van der Waals surface area (Å²) in [6.07, 6.45) is 8.16. The van der Waals surface area contributed by atoms with Gasteiger partial charge < -0.3 is 46.0 Å². The number of pyridine rings is 1. The Morgan fingerprint density at radius 2 is 1.73 bits per heavy atom. The Bertz CT molecular complexity index is 1880. The highest BCUT2D eigenvalue weighted by atomic mass is 16.5. The van der Waals surface area contributed by atoms with Gasteiger partial charge in [-0.2, -0.15) is 0 Å². The molecule has 2 fully saturated rings. The first kappa shape index (κ1) is 37.0. The molecule has 2 saturated heterocycles. The Morgan fingerprint density at radius 3 is 2.51 bits per heavy atom. The molecule has 5 aliphatic heterocycles. The summed E-state index contributed by atoms with van der Waals surface area (Å²) < 4.78 is 5.76. The van der Waals surface area contributed by atoms with Crippen molar-refractivity contribution in [3.8, 4) is 5.88 Å². The smallest absolute Gasteiger partial charge is 0.237 e. The van der Waals surface area contributed by atoms with Crippen LogP contribution in [0.5, 0.6) is 5.88 Å². The van der Waals surface area contributed by atoms with Gasteiger partial charge in [0, 0.05) is 111 Å². The number of anilines is 6. The largest absolute Gasteiger partial charge is 0.474 e. The van der Waals surface area contributed by atoms with Crippen LogP contribution in [-0.4, -0.2) is 108 Å². The van der Waals surface area contributed by atoms with E-state index in [-0.39, 0.29) is 6.29 Å². The predicted octanol–water partition coefficient (Wildman–Crippen LogP) is 5.61. The van der Waals surface area contributed by atoms with Gasteiger partial charge in [0.1, 0.15) is 12.3 Å². The van der Waals surface area contributed by atoms with Gasteiger partial charge >= 0.3 is 0 Å². The molecule has 55 heavy (non-hydrogen) atoms. The molecule has 0 radical (unpaired) electrons. The third-order valence-corrected chi connectivity index (χ3v) is 11.9. The third-order valence-electron chi connectivity index (χ3n) is 11.9. The van der Waals surface area contributed by atoms with Crippen molar-refractivity contribution in [1.82, 2.24) is 20.5 Å². The number of fused-ring (bicyclic) bond motifs is 1. The second kappa shape index (κ2) is 16.8. The minimum atomic E-state index is -0.203. The molecule has 0 spiro atoms. The fraction of sp³-hybridized carbons (Fsp3) is 0.488. The van der Waals surface area contributed by atoms with Crippen LogP contribution in [0, 0.1) is 19.8 Å². The van der Waals surface area contributed by atoms with Crippen LogP contribution in [-0.2, 0) is 0 Å². The summed E-state index contributed by atoms with van der Waals surface area (Å²) in [4.78, 5) is 19.6. The lowest BCUT2D eigenvalue weighted by Crippen LogP contribution is -2.49. The maximum absolute atomic E-state index is 5.76. The van der Waals surface area contributed by atoms with E-state index in [2.05, 4.69) is 120 Å². The first-order chi connectivity index (χ1) is 26.9. The lowest BCUT2D eigenvalue weighted by atomic mass is 9.95. The molecule has 0 bridgehead atoms. The van der Waals surface area contributed by atoms with E-state index in [0.717, 1.165) is 113 Å². The molecule has 292 valence electrons. The van der Waals surface area contributed by atoms with Crippen LogP contribution in [0.15, 0.2) is 77.2 Å². The summed E-state index contributed by atoms with van der Waals surface area (Å²) >= 11 is 0. The molecule has 1 unspecified atom stereocenters. The van der Waals surface area contributed by atoms with E-state index in [0.29, 0.717) is 12.5 Å². The fourth-order valence-corrected chi connectivity index (χ4v) is 8.60. The highest BCUT2D eigenvalue weighted by Crippen LogP contribution is 2.36. The summed E-state index contributed by atoms with van der Waals surface area (Å²) in [7, 11) is 1.97. The number of aliphatic imine (C=N–C) groups is 1. The molecule has 0 amide bonds. The SMILES string of the molecule is C=C(CCNC)Nc1ccc(N2CCN(CC3CCN(c4ccc(NC5N=CC6=C(CN(c7cnc8c(c7C)NCCO8)CC6)N5)cc4)CC3)CC2)cc1C. The van der Waals surface area contributed by atoms with Gasteiger partial charge in [-0.05, 0) is 106 Å². The van der Waals surface area contributed by atoms with Gasteiger partial charge in [0.05, 0.1) is 18.4 Å². The van der Waals surface area contributed by atoms with Crippen molar-refractivity contribution in [3.63, 3.8) is 0 Å². The van der Waals surface area contributed by atoms with Crippen LogP contribution in [0.2, 0.25) is 0 Å². The maximum Gasteiger partial charge on any atom is 0.237 e. The highest BCUT2D eigenvalue weighted by molar-refractivity contribution is 5.82. The zero-order valence-corrected chi connectivity index (χ0v) is 33.0. The first-order valence-corrected chi connectivity index (χ1v) is 20.3. The van der Waals surface area contributed by atoms with E-state index in [1.54, 1.807) is 0 Å². The maximum atomic E-state index is 5.76. The van der Waals surface area contributed by atoms with Crippen molar-refractivity contribution in [2.75, 3.05) is 116 Å². The van der Waals surface area contributed by atoms with Crippen molar-refractivity contribution in [2.45, 2.75) is 45.8 Å². The number of piperidine rings is 1. The zero-order chi connectivity index (χ0) is 37.7. The van der Waals surface area contributed by atoms with E-state index in [9.17, 15) is 0 Å². The lowest BCUT2D eigenvalue weighted by Gasteiger charge is -2.40. The van der Waals surface area contributed by atoms with E-state index in [1.807, 2.05) is 13.2 Å². The van der Waals surface area contributed by atoms with Crippen LogP contribution in [0.25, 0.3) is 0 Å². The monoisotopic (exact) mass is 745 g/mol. The van der Waals surface area contributed by atoms with Crippen LogP contribution >= 0.6 is 0 Å². The topological polar surface area (TPSA) is 108 Å². The molecule has 5 N–H and O–H groups in total. The van der Waals surface area contributed by atoms with Crippen molar-refractivity contribution in [2.24, 2.45) is 10.9 Å². The Hall–Kier alpha value is -4.94. The number of aryl methyl sites for hydroxylation is 1. The molecule has 0 aliphatic carbocycles. The molecule has 5 aliphatic rings. The average molecular weight is 746 g/mol. The molecule has 1 atom stereocenters. The van der Waals surface area contributed by atoms with Crippen molar-refractivity contribution in [1.29, 1.82) is 0 Å². The lowest BCUT2D eigenvalue weighted by molar-refractivity contribution is 0.201. The Labute approximate surface area is 327 Å². The van der Waals surface area contributed by atoms with Gasteiger partial charge in [0.15, 0.2) is 6.29 Å². The number of benzene rings is 2. The summed E-state index contributed by atoms with van der Waals surface area (Å²) in [6, 6.07) is 15.7. The van der Waals surface area contributed by atoms with E-state index < -0.39 is 0 Å². The Morgan fingerprint density at radius 1 is 0.945 bits per heavy atom. The van der Waals surface area contributed by atoms with Crippen LogP contribution < -0.4 is 46.0 Å². The van der Waals surface area contributed by atoms with Crippen LogP contribution in [0.3, 0.4) is 0 Å². The molecule has 12 nitrogen and oxygen atoms in total. The second-order valence-corrected chi connectivity index (χ2v) is 15.7. The standard InChI is InChI=1S/C43H59N11O/c1-30-25-37(9-10-38(30)48-31(2)11-15-44-4)53-22-20-51(21-23-53)28-33-12-17-52(18-13-33)36-7-5-35(6-8-36)49-43-47-26-34-14-19-54(29-39(34)50-43)40-27-46-42-41(32(40)3)45-16-24-55-42/h5-10,25-27,33,43-45,48-50H,2,11-24,28-29H2,1,3-4H3. The minimum Gasteiger partial charge on any atom is -0.474 e. The van der Waals surface area contributed by atoms with Gasteiger partial charge in [-0.1, -0.05) is 6.58 Å². The predicted molar refractivity (Wildman–Crippen MR) is 228 cm³/mol. The molecule has 1 aromatic heterocycles. The number of aromatic nitrogens is 1. The van der Waals surface area contributed by atoms with Crippen LogP contribution in [0.4, 0.5) is 34.1 Å². The minimum absolute atomic E-state index is 0.203. The quantitative estimate of drug-likeness (QED) is 0.160. The van der Waals surface area contributed by atoms with E-state index in [1.165, 1.54) is 53.2 Å². The van der Waals surface area contributed by atoms with Gasteiger partial charge in [0.2, 0.25) is 5.88 Å². The van der Waals surface area contributed by atoms with Gasteiger partial charge in [-0.15, -0.1) is 0 Å².